The summed E-state index contributed by atoms with van der Waals surface area (Å²) in [4.78, 5) is 17.7. The second-order valence-corrected chi connectivity index (χ2v) is 6.90. The Kier molecular flexibility index (Phi) is 3.75. The highest BCUT2D eigenvalue weighted by molar-refractivity contribution is 7.23. The Morgan fingerprint density at radius 3 is 2.71 bits per heavy atom. The minimum Gasteiger partial charge on any atom is -0.359 e. The molecule has 1 amide bonds. The third-order valence-corrected chi connectivity index (χ3v) is 5.25. The van der Waals surface area contributed by atoms with E-state index in [-0.39, 0.29) is 12.3 Å². The molecule has 2 aromatic carbocycles. The fourth-order valence-corrected chi connectivity index (χ4v) is 3.99. The average Bonchev–Trinajstić information content (AvgIpc) is 3.12. The zero-order valence-electron chi connectivity index (χ0n) is 12.9. The fourth-order valence-electron chi connectivity index (χ4n) is 2.82. The number of carbonyl (C=O) groups excluding carboxylic acids is 1. The lowest BCUT2D eigenvalue weighted by molar-refractivity contribution is -0.120. The number of imidazole rings is 1. The maximum Gasteiger partial charge on any atom is 0.225 e. The number of fused-ring (bicyclic) bond motifs is 3. The Morgan fingerprint density at radius 2 is 1.96 bits per heavy atom. The first kappa shape index (κ1) is 15.2. The first-order chi connectivity index (χ1) is 11.7. The van der Waals surface area contributed by atoms with Crippen LogP contribution in [0.25, 0.3) is 26.4 Å². The summed E-state index contributed by atoms with van der Waals surface area (Å²) in [6.07, 6.45) is 0.274. The van der Waals surface area contributed by atoms with Crippen LogP contribution in [-0.4, -0.2) is 22.3 Å². The van der Waals surface area contributed by atoms with E-state index in [1.165, 1.54) is 0 Å². The van der Waals surface area contributed by atoms with Crippen molar-refractivity contribution in [2.24, 2.45) is 0 Å². The van der Waals surface area contributed by atoms with Crippen LogP contribution < -0.4 is 5.32 Å². The number of halogens is 1. The highest BCUT2D eigenvalue weighted by Gasteiger charge is 2.19. The first-order valence-electron chi connectivity index (χ1n) is 7.53. The van der Waals surface area contributed by atoms with E-state index in [1.54, 1.807) is 18.4 Å². The van der Waals surface area contributed by atoms with Crippen molar-refractivity contribution >= 4 is 44.0 Å². The summed E-state index contributed by atoms with van der Waals surface area (Å²) in [6, 6.07) is 15.7. The molecule has 0 fully saturated rings. The van der Waals surface area contributed by atoms with Crippen molar-refractivity contribution in [3.63, 3.8) is 0 Å². The van der Waals surface area contributed by atoms with Crippen LogP contribution in [0.3, 0.4) is 0 Å². The minimum absolute atomic E-state index is 0.0395. The molecular formula is C18H14ClN3OS. The number of amides is 1. The monoisotopic (exact) mass is 355 g/mol. The minimum atomic E-state index is -0.0395. The normalized spacial score (nSPS) is 11.2. The van der Waals surface area contributed by atoms with Gasteiger partial charge in [-0.25, -0.2) is 4.98 Å². The van der Waals surface area contributed by atoms with Crippen molar-refractivity contribution in [2.45, 2.75) is 6.42 Å². The molecule has 6 heteroatoms. The van der Waals surface area contributed by atoms with Crippen LogP contribution >= 0.6 is 22.9 Å². The van der Waals surface area contributed by atoms with E-state index in [0.717, 1.165) is 32.1 Å². The molecule has 2 aromatic heterocycles. The third kappa shape index (κ3) is 2.46. The summed E-state index contributed by atoms with van der Waals surface area (Å²) in [5.41, 5.74) is 3.75. The molecule has 4 rings (SSSR count). The predicted molar refractivity (Wildman–Crippen MR) is 98.8 cm³/mol. The SMILES string of the molecule is CNC(=O)Cc1c(-c2ccc(Cl)cc2)nc2sc3ccccc3n12. The van der Waals surface area contributed by atoms with Gasteiger partial charge in [0.05, 0.1) is 28.0 Å². The molecule has 0 bridgehead atoms. The van der Waals surface area contributed by atoms with Crippen molar-refractivity contribution in [3.8, 4) is 11.3 Å². The van der Waals surface area contributed by atoms with Crippen LogP contribution in [0.4, 0.5) is 0 Å². The van der Waals surface area contributed by atoms with Crippen molar-refractivity contribution in [1.29, 1.82) is 0 Å². The molecule has 0 unspecified atom stereocenters. The van der Waals surface area contributed by atoms with E-state index < -0.39 is 0 Å². The van der Waals surface area contributed by atoms with Gasteiger partial charge in [-0.3, -0.25) is 9.20 Å². The van der Waals surface area contributed by atoms with E-state index in [2.05, 4.69) is 21.9 Å². The Hall–Kier alpha value is -2.37. The molecule has 0 aliphatic heterocycles. The molecule has 2 heterocycles. The second-order valence-electron chi connectivity index (χ2n) is 5.45. The summed E-state index contributed by atoms with van der Waals surface area (Å²) in [7, 11) is 1.65. The molecule has 0 saturated heterocycles. The van der Waals surface area contributed by atoms with Gasteiger partial charge in [-0.2, -0.15) is 0 Å². The fraction of sp³-hybridized carbons (Fsp3) is 0.111. The van der Waals surface area contributed by atoms with Gasteiger partial charge in [0.1, 0.15) is 0 Å². The van der Waals surface area contributed by atoms with E-state index in [4.69, 9.17) is 16.6 Å². The van der Waals surface area contributed by atoms with Crippen LogP contribution in [0.5, 0.6) is 0 Å². The summed E-state index contributed by atoms with van der Waals surface area (Å²) < 4.78 is 3.24. The number of hydrogen-bond acceptors (Lipinski definition) is 3. The van der Waals surface area contributed by atoms with E-state index in [9.17, 15) is 4.79 Å². The number of benzene rings is 2. The summed E-state index contributed by atoms with van der Waals surface area (Å²) >= 11 is 7.62. The Balaban J connectivity index is 2.00. The van der Waals surface area contributed by atoms with E-state index in [0.29, 0.717) is 5.02 Å². The smallest absolute Gasteiger partial charge is 0.225 e. The molecule has 0 spiro atoms. The van der Waals surface area contributed by atoms with Gasteiger partial charge < -0.3 is 5.32 Å². The quantitative estimate of drug-likeness (QED) is 0.600. The number of aromatic nitrogens is 2. The van der Waals surface area contributed by atoms with Gasteiger partial charge in [-0.15, -0.1) is 0 Å². The lowest BCUT2D eigenvalue weighted by Crippen LogP contribution is -2.21. The van der Waals surface area contributed by atoms with Crippen molar-refractivity contribution < 1.29 is 4.79 Å². The van der Waals surface area contributed by atoms with Crippen molar-refractivity contribution in [1.82, 2.24) is 14.7 Å². The Bertz CT molecular complexity index is 1050. The van der Waals surface area contributed by atoms with Gasteiger partial charge in [0.25, 0.3) is 0 Å². The van der Waals surface area contributed by atoms with Crippen LogP contribution in [0.15, 0.2) is 48.5 Å². The molecule has 0 aliphatic carbocycles. The first-order valence-corrected chi connectivity index (χ1v) is 8.72. The molecule has 24 heavy (non-hydrogen) atoms. The molecule has 4 nitrogen and oxygen atoms in total. The van der Waals surface area contributed by atoms with E-state index >= 15 is 0 Å². The molecule has 0 saturated carbocycles. The van der Waals surface area contributed by atoms with Crippen LogP contribution in [0.1, 0.15) is 5.69 Å². The summed E-state index contributed by atoms with van der Waals surface area (Å²) in [6.45, 7) is 0. The van der Waals surface area contributed by atoms with Crippen molar-refractivity contribution in [2.75, 3.05) is 7.05 Å². The molecular weight excluding hydrogens is 342 g/mol. The van der Waals surface area contributed by atoms with E-state index in [1.807, 2.05) is 36.4 Å². The highest BCUT2D eigenvalue weighted by atomic mass is 35.5. The molecule has 0 aliphatic rings. The lowest BCUT2D eigenvalue weighted by Gasteiger charge is -2.05. The number of nitrogens with one attached hydrogen (secondary N) is 1. The number of nitrogens with zero attached hydrogens (tertiary/aromatic N) is 2. The molecule has 1 N–H and O–H groups in total. The number of likely N-dealkylation sites (N-methyl/N-ethyl adjacent to an activating group) is 1. The second kappa shape index (κ2) is 5.92. The Labute approximate surface area is 147 Å². The van der Waals surface area contributed by atoms with Gasteiger partial charge in [-0.05, 0) is 24.3 Å². The molecule has 120 valence electrons. The maximum absolute atomic E-state index is 12.0. The predicted octanol–water partition coefficient (Wildman–Crippen LogP) is 4.16. The Morgan fingerprint density at radius 1 is 1.21 bits per heavy atom. The van der Waals surface area contributed by atoms with Gasteiger partial charge in [-0.1, -0.05) is 47.2 Å². The number of carbonyl (C=O) groups is 1. The lowest BCUT2D eigenvalue weighted by atomic mass is 10.1. The van der Waals surface area contributed by atoms with Gasteiger partial charge >= 0.3 is 0 Å². The van der Waals surface area contributed by atoms with Crippen molar-refractivity contribution in [3.05, 3.63) is 59.2 Å². The standard InChI is InChI=1S/C18H14ClN3OS/c1-20-16(23)10-14-17(11-6-8-12(19)9-7-11)21-18-22(14)13-4-2-3-5-15(13)24-18/h2-9H,10H2,1H3,(H,20,23). The maximum atomic E-state index is 12.0. The largest absolute Gasteiger partial charge is 0.359 e. The zero-order chi connectivity index (χ0) is 16.7. The molecule has 4 aromatic rings. The molecule has 0 atom stereocenters. The number of thiazole rings is 1. The summed E-state index contributed by atoms with van der Waals surface area (Å²) in [5, 5.41) is 3.38. The molecule has 0 radical (unpaired) electrons. The third-order valence-electron chi connectivity index (χ3n) is 3.97. The van der Waals surface area contributed by atoms with Gasteiger partial charge in [0, 0.05) is 17.6 Å². The number of rotatable bonds is 3. The zero-order valence-corrected chi connectivity index (χ0v) is 14.5. The van der Waals surface area contributed by atoms with Crippen LogP contribution in [-0.2, 0) is 11.2 Å². The average molecular weight is 356 g/mol. The van der Waals surface area contributed by atoms with Crippen LogP contribution in [0.2, 0.25) is 5.02 Å². The highest BCUT2D eigenvalue weighted by Crippen LogP contribution is 2.33. The topological polar surface area (TPSA) is 46.4 Å². The summed E-state index contributed by atoms with van der Waals surface area (Å²) in [5.74, 6) is -0.0395. The van der Waals surface area contributed by atoms with Gasteiger partial charge in [0.2, 0.25) is 5.91 Å². The number of hydrogen-bond donors (Lipinski definition) is 1. The van der Waals surface area contributed by atoms with Gasteiger partial charge in [0.15, 0.2) is 4.96 Å². The number of para-hydroxylation sites is 1. The van der Waals surface area contributed by atoms with Crippen LogP contribution in [0, 0.1) is 0 Å².